The number of aromatic amines is 1. The molecule has 1 unspecified atom stereocenters. The van der Waals surface area contributed by atoms with Gasteiger partial charge in [0.25, 0.3) is 5.91 Å². The van der Waals surface area contributed by atoms with Crippen molar-refractivity contribution < 1.29 is 9.90 Å². The van der Waals surface area contributed by atoms with E-state index in [1.165, 1.54) is 5.56 Å². The lowest BCUT2D eigenvalue weighted by Gasteiger charge is -2.30. The molecule has 0 saturated heterocycles. The Morgan fingerprint density at radius 2 is 1.73 bits per heavy atom. The number of phenols is 1. The summed E-state index contributed by atoms with van der Waals surface area (Å²) in [6.45, 7) is 6.06. The lowest BCUT2D eigenvalue weighted by Crippen LogP contribution is -2.35. The number of amides is 1. The number of carbonyl (C=O) groups excluding carboxylic acids is 1. The fourth-order valence-corrected chi connectivity index (χ4v) is 3.61. The molecule has 1 aliphatic heterocycles. The molecule has 4 rings (SSSR count). The average Bonchev–Trinajstić information content (AvgIpc) is 3.16. The highest BCUT2D eigenvalue weighted by Crippen LogP contribution is 2.43. The maximum absolute atomic E-state index is 13.0. The number of rotatable bonds is 3. The Hall–Kier alpha value is -3.08. The van der Waals surface area contributed by atoms with Crippen LogP contribution in [0, 0.1) is 6.92 Å². The summed E-state index contributed by atoms with van der Waals surface area (Å²) in [7, 11) is 0. The van der Waals surface area contributed by atoms with Crippen LogP contribution in [-0.2, 0) is 0 Å². The third kappa shape index (κ3) is 2.47. The van der Waals surface area contributed by atoms with Crippen LogP contribution < -0.4 is 0 Å². The fraction of sp³-hybridized carbons (Fsp3) is 0.238. The van der Waals surface area contributed by atoms with Gasteiger partial charge in [0.1, 0.15) is 11.4 Å². The van der Waals surface area contributed by atoms with E-state index in [0.717, 1.165) is 22.4 Å². The van der Waals surface area contributed by atoms with E-state index in [9.17, 15) is 9.90 Å². The van der Waals surface area contributed by atoms with Gasteiger partial charge in [0, 0.05) is 17.2 Å². The summed E-state index contributed by atoms with van der Waals surface area (Å²) >= 11 is 0. The molecule has 0 fully saturated rings. The van der Waals surface area contributed by atoms with E-state index in [-0.39, 0.29) is 23.7 Å². The van der Waals surface area contributed by atoms with Gasteiger partial charge in [-0.05, 0) is 38.5 Å². The molecule has 3 aromatic rings. The Kier molecular flexibility index (Phi) is 3.80. The lowest BCUT2D eigenvalue weighted by atomic mass is 9.95. The van der Waals surface area contributed by atoms with Crippen molar-refractivity contribution in [3.8, 4) is 17.0 Å². The quantitative estimate of drug-likeness (QED) is 0.751. The minimum Gasteiger partial charge on any atom is -0.508 e. The molecule has 0 aliphatic carbocycles. The van der Waals surface area contributed by atoms with Gasteiger partial charge in [0.2, 0.25) is 0 Å². The van der Waals surface area contributed by atoms with Gasteiger partial charge in [0.15, 0.2) is 0 Å². The average molecular weight is 347 g/mol. The van der Waals surface area contributed by atoms with Gasteiger partial charge in [-0.2, -0.15) is 5.10 Å². The first kappa shape index (κ1) is 16.4. The van der Waals surface area contributed by atoms with E-state index in [2.05, 4.69) is 10.2 Å². The van der Waals surface area contributed by atoms with Crippen molar-refractivity contribution >= 4 is 5.91 Å². The van der Waals surface area contributed by atoms with Crippen molar-refractivity contribution in [3.05, 3.63) is 70.9 Å². The van der Waals surface area contributed by atoms with Crippen LogP contribution in [0.2, 0.25) is 0 Å². The Bertz CT molecular complexity index is 956. The van der Waals surface area contributed by atoms with E-state index < -0.39 is 0 Å². The molecule has 0 bridgehead atoms. The number of nitrogens with zero attached hydrogens (tertiary/aromatic N) is 2. The monoisotopic (exact) mass is 347 g/mol. The second-order valence-corrected chi connectivity index (χ2v) is 7.03. The van der Waals surface area contributed by atoms with Gasteiger partial charge in [0.05, 0.1) is 11.7 Å². The lowest BCUT2D eigenvalue weighted by molar-refractivity contribution is 0.0688. The standard InChI is InChI=1S/C21H21N3O2/c1-12(2)24-20(15-8-10-16(25)11-9-15)17-18(22-23-19(17)21(24)26)14-6-4-13(3)5-7-14/h4-12,20,25H,1-3H3,(H,22,23). The predicted molar refractivity (Wildman–Crippen MR) is 100 cm³/mol. The third-order valence-corrected chi connectivity index (χ3v) is 4.89. The van der Waals surface area contributed by atoms with Crippen LogP contribution in [-0.4, -0.2) is 32.2 Å². The first-order valence-corrected chi connectivity index (χ1v) is 8.74. The highest BCUT2D eigenvalue weighted by Gasteiger charge is 2.43. The number of carbonyl (C=O) groups is 1. The number of benzene rings is 2. The molecule has 5 nitrogen and oxygen atoms in total. The van der Waals surface area contributed by atoms with Gasteiger partial charge < -0.3 is 10.0 Å². The van der Waals surface area contributed by atoms with Crippen molar-refractivity contribution in [2.75, 3.05) is 0 Å². The number of phenolic OH excluding ortho intramolecular Hbond substituents is 1. The molecule has 5 heteroatoms. The summed E-state index contributed by atoms with van der Waals surface area (Å²) in [5.74, 6) is 0.166. The summed E-state index contributed by atoms with van der Waals surface area (Å²) in [5.41, 5.74) is 5.37. The molecular formula is C21H21N3O2. The van der Waals surface area contributed by atoms with Crippen LogP contribution in [0.1, 0.15) is 47.1 Å². The number of fused-ring (bicyclic) bond motifs is 1. The van der Waals surface area contributed by atoms with Crippen LogP contribution >= 0.6 is 0 Å². The van der Waals surface area contributed by atoms with Gasteiger partial charge in [-0.1, -0.05) is 42.0 Å². The van der Waals surface area contributed by atoms with Crippen LogP contribution in [0.15, 0.2) is 48.5 Å². The Morgan fingerprint density at radius 1 is 1.08 bits per heavy atom. The molecule has 0 radical (unpaired) electrons. The fourth-order valence-electron chi connectivity index (χ4n) is 3.61. The van der Waals surface area contributed by atoms with E-state index in [1.807, 2.05) is 62.1 Å². The van der Waals surface area contributed by atoms with E-state index in [0.29, 0.717) is 5.69 Å². The van der Waals surface area contributed by atoms with Crippen molar-refractivity contribution in [2.24, 2.45) is 0 Å². The number of nitrogens with one attached hydrogen (secondary N) is 1. The molecule has 132 valence electrons. The normalized spacial score (nSPS) is 16.4. The molecule has 1 atom stereocenters. The zero-order valence-electron chi connectivity index (χ0n) is 15.0. The smallest absolute Gasteiger partial charge is 0.273 e. The minimum atomic E-state index is -0.229. The summed E-state index contributed by atoms with van der Waals surface area (Å²) in [6.07, 6.45) is 0. The maximum Gasteiger partial charge on any atom is 0.273 e. The summed E-state index contributed by atoms with van der Waals surface area (Å²) in [6, 6.07) is 15.0. The van der Waals surface area contributed by atoms with Crippen molar-refractivity contribution in [1.29, 1.82) is 0 Å². The zero-order chi connectivity index (χ0) is 18.4. The second-order valence-electron chi connectivity index (χ2n) is 7.03. The molecule has 0 saturated carbocycles. The Balaban J connectivity index is 1.90. The number of aromatic hydroxyl groups is 1. The Labute approximate surface area is 152 Å². The summed E-state index contributed by atoms with van der Waals surface area (Å²) in [4.78, 5) is 14.9. The minimum absolute atomic E-state index is 0.0352. The second kappa shape index (κ2) is 6.02. The molecule has 1 amide bonds. The molecule has 1 aromatic heterocycles. The SMILES string of the molecule is Cc1ccc(-c2n[nH]c3c2C(c2ccc(O)cc2)N(C(C)C)C3=O)cc1. The highest BCUT2D eigenvalue weighted by atomic mass is 16.3. The summed E-state index contributed by atoms with van der Waals surface area (Å²) in [5, 5.41) is 17.0. The number of aromatic nitrogens is 2. The first-order chi connectivity index (χ1) is 12.5. The highest BCUT2D eigenvalue weighted by molar-refractivity contribution is 6.00. The summed E-state index contributed by atoms with van der Waals surface area (Å²) < 4.78 is 0. The topological polar surface area (TPSA) is 69.2 Å². The molecule has 0 spiro atoms. The number of hydrogen-bond acceptors (Lipinski definition) is 3. The maximum atomic E-state index is 13.0. The number of H-pyrrole nitrogens is 1. The van der Waals surface area contributed by atoms with E-state index in [1.54, 1.807) is 12.1 Å². The Morgan fingerprint density at radius 3 is 2.35 bits per heavy atom. The van der Waals surface area contributed by atoms with Crippen LogP contribution in [0.3, 0.4) is 0 Å². The largest absolute Gasteiger partial charge is 0.508 e. The number of aryl methyl sites for hydroxylation is 1. The van der Waals surface area contributed by atoms with Crippen molar-refractivity contribution in [3.63, 3.8) is 0 Å². The predicted octanol–water partition coefficient (Wildman–Crippen LogP) is 4.04. The van der Waals surface area contributed by atoms with Gasteiger partial charge >= 0.3 is 0 Å². The molecule has 26 heavy (non-hydrogen) atoms. The van der Waals surface area contributed by atoms with Gasteiger partial charge in [-0.25, -0.2) is 0 Å². The van der Waals surface area contributed by atoms with E-state index in [4.69, 9.17) is 0 Å². The van der Waals surface area contributed by atoms with Gasteiger partial charge in [-0.15, -0.1) is 0 Å². The number of hydrogen-bond donors (Lipinski definition) is 2. The molecule has 2 N–H and O–H groups in total. The molecular weight excluding hydrogens is 326 g/mol. The molecule has 2 heterocycles. The van der Waals surface area contributed by atoms with E-state index >= 15 is 0 Å². The first-order valence-electron chi connectivity index (χ1n) is 8.74. The van der Waals surface area contributed by atoms with Crippen LogP contribution in [0.4, 0.5) is 0 Å². The zero-order valence-corrected chi connectivity index (χ0v) is 15.0. The van der Waals surface area contributed by atoms with Crippen LogP contribution in [0.25, 0.3) is 11.3 Å². The van der Waals surface area contributed by atoms with Crippen LogP contribution in [0.5, 0.6) is 5.75 Å². The molecule has 1 aliphatic rings. The third-order valence-electron chi connectivity index (χ3n) is 4.89. The van der Waals surface area contributed by atoms with Crippen molar-refractivity contribution in [2.45, 2.75) is 32.9 Å². The van der Waals surface area contributed by atoms with Crippen molar-refractivity contribution in [1.82, 2.24) is 15.1 Å². The molecule has 2 aromatic carbocycles. The van der Waals surface area contributed by atoms with Gasteiger partial charge in [-0.3, -0.25) is 9.89 Å².